The number of furan rings is 1. The summed E-state index contributed by atoms with van der Waals surface area (Å²) in [7, 11) is 0. The van der Waals surface area contributed by atoms with Crippen molar-refractivity contribution in [3.63, 3.8) is 0 Å². The van der Waals surface area contributed by atoms with Crippen molar-refractivity contribution in [1.29, 1.82) is 10.5 Å². The fourth-order valence-corrected chi connectivity index (χ4v) is 4.85. The van der Waals surface area contributed by atoms with Crippen molar-refractivity contribution in [2.75, 3.05) is 0 Å². The lowest BCUT2D eigenvalue weighted by molar-refractivity contribution is 0.104. The molecule has 0 spiro atoms. The number of ketones is 1. The molecule has 136 valence electrons. The van der Waals surface area contributed by atoms with Gasteiger partial charge in [0, 0.05) is 34.4 Å². The molecule has 6 nitrogen and oxygen atoms in total. The molecule has 8 heteroatoms. The fourth-order valence-electron chi connectivity index (χ4n) is 3.23. The van der Waals surface area contributed by atoms with Crippen LogP contribution in [0.1, 0.15) is 21.7 Å². The Hall–Kier alpha value is -3.85. The van der Waals surface area contributed by atoms with E-state index in [1.807, 2.05) is 17.5 Å². The summed E-state index contributed by atoms with van der Waals surface area (Å²) in [6, 6.07) is 12.5. The zero-order chi connectivity index (χ0) is 20.0. The van der Waals surface area contributed by atoms with Gasteiger partial charge in [0.25, 0.3) is 0 Å². The lowest BCUT2D eigenvalue weighted by Gasteiger charge is -2.00. The maximum atomic E-state index is 12.9. The highest BCUT2D eigenvalue weighted by molar-refractivity contribution is 7.24. The Morgan fingerprint density at radius 3 is 2.62 bits per heavy atom. The molecule has 0 bridgehead atoms. The van der Waals surface area contributed by atoms with Crippen LogP contribution in [0.15, 0.2) is 57.5 Å². The third-order valence-corrected chi connectivity index (χ3v) is 6.34. The van der Waals surface area contributed by atoms with Crippen molar-refractivity contribution in [3.8, 4) is 22.2 Å². The van der Waals surface area contributed by atoms with Crippen LogP contribution in [0.25, 0.3) is 32.1 Å². The number of hydrogen-bond acceptors (Lipinski definition) is 8. The molecule has 1 aliphatic rings. The molecule has 4 aromatic rings. The average molecular weight is 412 g/mol. The summed E-state index contributed by atoms with van der Waals surface area (Å²) in [5, 5.41) is 22.2. The van der Waals surface area contributed by atoms with E-state index >= 15 is 0 Å². The Bertz CT molecular complexity index is 1390. The standard InChI is InChI=1S/C21H8N4O2S2/c22-9-11(10-23)17-13-3-1-2-4-14(13)18(26)15(17)7-12-8-16-19(27-12)25-21(29-16)20-24-5-6-28-20/h1-8H/b15-7-. The number of allylic oxidation sites excluding steroid dienone is 3. The van der Waals surface area contributed by atoms with Crippen molar-refractivity contribution < 1.29 is 9.21 Å². The molecular formula is C21H8N4O2S2. The Kier molecular flexibility index (Phi) is 3.95. The number of fused-ring (bicyclic) bond motifs is 2. The molecular weight excluding hydrogens is 404 g/mol. The summed E-state index contributed by atoms with van der Waals surface area (Å²) in [5.74, 6) is 0.197. The van der Waals surface area contributed by atoms with Crippen LogP contribution in [0.5, 0.6) is 0 Å². The normalized spacial score (nSPS) is 14.2. The third-order valence-electron chi connectivity index (χ3n) is 4.44. The van der Waals surface area contributed by atoms with E-state index in [1.54, 1.807) is 42.6 Å². The van der Waals surface area contributed by atoms with E-state index in [2.05, 4.69) is 9.97 Å². The highest BCUT2D eigenvalue weighted by Crippen LogP contribution is 2.40. The molecule has 0 radical (unpaired) electrons. The molecule has 0 N–H and O–H groups in total. The van der Waals surface area contributed by atoms with Gasteiger partial charge in [0.1, 0.15) is 23.5 Å². The zero-order valence-corrected chi connectivity index (χ0v) is 16.2. The van der Waals surface area contributed by atoms with Crippen LogP contribution >= 0.6 is 22.7 Å². The van der Waals surface area contributed by atoms with E-state index in [-0.39, 0.29) is 16.9 Å². The maximum absolute atomic E-state index is 12.9. The molecule has 0 amide bonds. The van der Waals surface area contributed by atoms with E-state index in [4.69, 9.17) is 4.42 Å². The van der Waals surface area contributed by atoms with Crippen LogP contribution < -0.4 is 0 Å². The summed E-state index contributed by atoms with van der Waals surface area (Å²) in [5.41, 5.74) is 2.01. The van der Waals surface area contributed by atoms with Crippen LogP contribution in [0, 0.1) is 22.7 Å². The van der Waals surface area contributed by atoms with Crippen LogP contribution in [-0.2, 0) is 0 Å². The van der Waals surface area contributed by atoms with Crippen LogP contribution in [0.4, 0.5) is 0 Å². The van der Waals surface area contributed by atoms with E-state index in [0.717, 1.165) is 14.7 Å². The minimum absolute atomic E-state index is 0.105. The van der Waals surface area contributed by atoms with Crippen molar-refractivity contribution in [2.24, 2.45) is 0 Å². The lowest BCUT2D eigenvalue weighted by Crippen LogP contribution is -1.95. The number of thiazole rings is 2. The van der Waals surface area contributed by atoms with Crippen molar-refractivity contribution in [1.82, 2.24) is 9.97 Å². The van der Waals surface area contributed by atoms with Crippen LogP contribution in [0.2, 0.25) is 0 Å². The first-order chi connectivity index (χ1) is 14.2. The maximum Gasteiger partial charge on any atom is 0.238 e. The highest BCUT2D eigenvalue weighted by atomic mass is 32.1. The van der Waals surface area contributed by atoms with Crippen molar-refractivity contribution >= 4 is 50.5 Å². The molecule has 1 aromatic carbocycles. The van der Waals surface area contributed by atoms with Gasteiger partial charge in [-0.05, 0) is 11.6 Å². The third kappa shape index (κ3) is 2.71. The highest BCUT2D eigenvalue weighted by Gasteiger charge is 2.32. The Morgan fingerprint density at radius 1 is 1.14 bits per heavy atom. The first-order valence-electron chi connectivity index (χ1n) is 8.40. The van der Waals surface area contributed by atoms with Gasteiger partial charge in [-0.25, -0.2) is 4.98 Å². The van der Waals surface area contributed by atoms with Gasteiger partial charge in [-0.2, -0.15) is 15.5 Å². The monoisotopic (exact) mass is 412 g/mol. The largest absolute Gasteiger partial charge is 0.437 e. The predicted molar refractivity (Wildman–Crippen MR) is 110 cm³/mol. The summed E-state index contributed by atoms with van der Waals surface area (Å²) in [6.07, 6.45) is 3.29. The molecule has 0 unspecified atom stereocenters. The lowest BCUT2D eigenvalue weighted by atomic mass is 9.99. The van der Waals surface area contributed by atoms with Gasteiger partial charge in [-0.15, -0.1) is 22.7 Å². The molecule has 5 rings (SSSR count). The SMILES string of the molecule is N#CC(C#N)=C1/C(=C/c2cc3sc(-c4nccs4)nc3o2)C(=O)c2ccccc21. The molecule has 0 saturated carbocycles. The average Bonchev–Trinajstić information content (AvgIpc) is 3.49. The fraction of sp³-hybridized carbons (Fsp3) is 0. The number of Topliss-reactive ketones (excluding diaryl/α,β-unsaturated/α-hetero) is 1. The minimum Gasteiger partial charge on any atom is -0.437 e. The zero-order valence-electron chi connectivity index (χ0n) is 14.5. The number of carbonyl (C=O) groups excluding carboxylic acids is 1. The Balaban J connectivity index is 1.63. The quantitative estimate of drug-likeness (QED) is 0.335. The van der Waals surface area contributed by atoms with Crippen molar-refractivity contribution in [2.45, 2.75) is 0 Å². The summed E-state index contributed by atoms with van der Waals surface area (Å²) in [6.45, 7) is 0. The topological polar surface area (TPSA) is 104 Å². The van der Waals surface area contributed by atoms with E-state index in [9.17, 15) is 15.3 Å². The van der Waals surface area contributed by atoms with Gasteiger partial charge >= 0.3 is 0 Å². The Morgan fingerprint density at radius 2 is 1.93 bits per heavy atom. The summed E-state index contributed by atoms with van der Waals surface area (Å²) < 4.78 is 6.64. The van der Waals surface area contributed by atoms with Gasteiger partial charge in [-0.3, -0.25) is 4.79 Å². The van der Waals surface area contributed by atoms with Gasteiger partial charge in [-0.1, -0.05) is 24.3 Å². The van der Waals surface area contributed by atoms with Gasteiger partial charge in [0.05, 0.1) is 4.70 Å². The summed E-state index contributed by atoms with van der Waals surface area (Å²) >= 11 is 2.95. The van der Waals surface area contributed by atoms with Crippen LogP contribution in [-0.4, -0.2) is 15.8 Å². The Labute approximate surface area is 172 Å². The molecule has 0 saturated heterocycles. The number of hydrogen-bond donors (Lipinski definition) is 0. The molecule has 1 aliphatic carbocycles. The number of nitriles is 2. The van der Waals surface area contributed by atoms with Crippen LogP contribution in [0.3, 0.4) is 0 Å². The number of rotatable bonds is 2. The first-order valence-corrected chi connectivity index (χ1v) is 10.1. The smallest absolute Gasteiger partial charge is 0.238 e. The van der Waals surface area contributed by atoms with E-state index in [0.29, 0.717) is 28.2 Å². The molecule has 0 fully saturated rings. The number of carbonyl (C=O) groups is 1. The van der Waals surface area contributed by atoms with Gasteiger partial charge in [0.2, 0.25) is 5.71 Å². The van der Waals surface area contributed by atoms with Crippen molar-refractivity contribution in [3.05, 3.63) is 69.9 Å². The molecule has 3 aromatic heterocycles. The molecule has 0 aliphatic heterocycles. The second-order valence-electron chi connectivity index (χ2n) is 6.08. The number of nitrogens with zero attached hydrogens (tertiary/aromatic N) is 4. The minimum atomic E-state index is -0.241. The number of benzene rings is 1. The second-order valence-corrected chi connectivity index (χ2v) is 8.01. The molecule has 0 atom stereocenters. The predicted octanol–water partition coefficient (Wildman–Crippen LogP) is 5.09. The number of aromatic nitrogens is 2. The van der Waals surface area contributed by atoms with E-state index < -0.39 is 0 Å². The second kappa shape index (κ2) is 6.64. The summed E-state index contributed by atoms with van der Waals surface area (Å²) in [4.78, 5) is 21.6. The van der Waals surface area contributed by atoms with E-state index in [1.165, 1.54) is 22.7 Å². The van der Waals surface area contributed by atoms with Gasteiger partial charge in [0.15, 0.2) is 15.8 Å². The van der Waals surface area contributed by atoms with Gasteiger partial charge < -0.3 is 4.42 Å². The molecule has 3 heterocycles. The first kappa shape index (κ1) is 17.3. The molecule has 29 heavy (non-hydrogen) atoms.